The molecule has 1 aromatic carbocycles. The molecule has 4 heteroatoms. The van der Waals surface area contributed by atoms with Crippen molar-refractivity contribution < 1.29 is 9.53 Å². The maximum atomic E-state index is 12.4. The van der Waals surface area contributed by atoms with E-state index in [1.54, 1.807) is 0 Å². The van der Waals surface area contributed by atoms with E-state index in [1.807, 2.05) is 18.2 Å². The summed E-state index contributed by atoms with van der Waals surface area (Å²) >= 11 is 0. The first-order valence-corrected chi connectivity index (χ1v) is 8.07. The molecule has 2 unspecified atom stereocenters. The van der Waals surface area contributed by atoms with Crippen molar-refractivity contribution in [3.8, 4) is 0 Å². The summed E-state index contributed by atoms with van der Waals surface area (Å²) in [5.41, 5.74) is 2.22. The van der Waals surface area contributed by atoms with Crippen LogP contribution in [0, 0.1) is 0 Å². The molecule has 0 aliphatic carbocycles. The van der Waals surface area contributed by atoms with E-state index in [9.17, 15) is 4.79 Å². The van der Waals surface area contributed by atoms with Gasteiger partial charge in [0.15, 0.2) is 0 Å². The van der Waals surface area contributed by atoms with Crippen LogP contribution in [0.15, 0.2) is 24.3 Å². The van der Waals surface area contributed by atoms with E-state index in [0.29, 0.717) is 6.10 Å². The van der Waals surface area contributed by atoms with Crippen LogP contribution < -0.4 is 10.6 Å². The Kier molecular flexibility index (Phi) is 4.76. The number of benzene rings is 1. The van der Waals surface area contributed by atoms with Crippen LogP contribution in [-0.4, -0.2) is 31.7 Å². The van der Waals surface area contributed by atoms with Gasteiger partial charge in [-0.05, 0) is 43.7 Å². The average molecular weight is 288 g/mol. The van der Waals surface area contributed by atoms with Crippen LogP contribution in [0.1, 0.15) is 43.6 Å². The van der Waals surface area contributed by atoms with Crippen LogP contribution in [0.25, 0.3) is 0 Å². The third-order valence-corrected chi connectivity index (χ3v) is 4.44. The van der Waals surface area contributed by atoms with Gasteiger partial charge in [0, 0.05) is 25.4 Å². The topological polar surface area (TPSA) is 50.4 Å². The van der Waals surface area contributed by atoms with Gasteiger partial charge in [-0.15, -0.1) is 0 Å². The van der Waals surface area contributed by atoms with Crippen LogP contribution in [0.2, 0.25) is 0 Å². The van der Waals surface area contributed by atoms with Gasteiger partial charge in [0.1, 0.15) is 0 Å². The molecule has 0 saturated carbocycles. The third-order valence-electron chi connectivity index (χ3n) is 4.44. The van der Waals surface area contributed by atoms with Gasteiger partial charge in [-0.3, -0.25) is 4.79 Å². The Morgan fingerprint density at radius 3 is 3.05 bits per heavy atom. The van der Waals surface area contributed by atoms with Crippen LogP contribution in [0.3, 0.4) is 0 Å². The summed E-state index contributed by atoms with van der Waals surface area (Å²) in [7, 11) is 0. The third kappa shape index (κ3) is 3.56. The first kappa shape index (κ1) is 14.4. The molecule has 21 heavy (non-hydrogen) atoms. The van der Waals surface area contributed by atoms with Crippen molar-refractivity contribution >= 4 is 11.6 Å². The van der Waals surface area contributed by atoms with Crippen molar-refractivity contribution in [1.29, 1.82) is 0 Å². The fourth-order valence-corrected chi connectivity index (χ4v) is 3.26. The summed E-state index contributed by atoms with van der Waals surface area (Å²) in [6.07, 6.45) is 5.68. The van der Waals surface area contributed by atoms with E-state index in [2.05, 4.69) is 16.7 Å². The van der Waals surface area contributed by atoms with Crippen LogP contribution in [-0.2, 0) is 9.53 Å². The number of hydrogen-bond donors (Lipinski definition) is 2. The SMILES string of the molecule is O=C(NCCC1CCCCO1)C1CCNc2ccccc21. The summed E-state index contributed by atoms with van der Waals surface area (Å²) in [5.74, 6) is 0.134. The molecule has 1 saturated heterocycles. The maximum Gasteiger partial charge on any atom is 0.227 e. The van der Waals surface area contributed by atoms with E-state index in [4.69, 9.17) is 4.74 Å². The molecule has 0 spiro atoms. The van der Waals surface area contributed by atoms with E-state index >= 15 is 0 Å². The molecule has 1 fully saturated rings. The minimum absolute atomic E-state index is 0.0188. The first-order chi connectivity index (χ1) is 10.3. The lowest BCUT2D eigenvalue weighted by Gasteiger charge is -2.26. The largest absolute Gasteiger partial charge is 0.385 e. The molecular weight excluding hydrogens is 264 g/mol. The number of fused-ring (bicyclic) bond motifs is 1. The van der Waals surface area contributed by atoms with Crippen molar-refractivity contribution in [1.82, 2.24) is 5.32 Å². The molecular formula is C17H24N2O2. The average Bonchev–Trinajstić information content (AvgIpc) is 2.55. The lowest BCUT2D eigenvalue weighted by Crippen LogP contribution is -2.35. The highest BCUT2D eigenvalue weighted by Gasteiger charge is 2.26. The van der Waals surface area contributed by atoms with Gasteiger partial charge in [0.2, 0.25) is 5.91 Å². The quantitative estimate of drug-likeness (QED) is 0.895. The van der Waals surface area contributed by atoms with Gasteiger partial charge in [0.05, 0.1) is 12.0 Å². The number of hydrogen-bond acceptors (Lipinski definition) is 3. The number of amides is 1. The number of carbonyl (C=O) groups excluding carboxylic acids is 1. The molecule has 2 heterocycles. The molecule has 0 bridgehead atoms. The number of carbonyl (C=O) groups is 1. The molecule has 2 atom stereocenters. The molecule has 114 valence electrons. The maximum absolute atomic E-state index is 12.4. The zero-order valence-electron chi connectivity index (χ0n) is 12.4. The Morgan fingerprint density at radius 2 is 2.19 bits per heavy atom. The van der Waals surface area contributed by atoms with Crippen molar-refractivity contribution in [3.05, 3.63) is 29.8 Å². The fourth-order valence-electron chi connectivity index (χ4n) is 3.26. The molecule has 1 aromatic rings. The lowest BCUT2D eigenvalue weighted by atomic mass is 9.90. The Balaban J connectivity index is 1.51. The van der Waals surface area contributed by atoms with Crippen molar-refractivity contribution in [3.63, 3.8) is 0 Å². The van der Waals surface area contributed by atoms with Gasteiger partial charge in [-0.25, -0.2) is 0 Å². The number of rotatable bonds is 4. The zero-order valence-corrected chi connectivity index (χ0v) is 12.4. The van der Waals surface area contributed by atoms with E-state index in [0.717, 1.165) is 50.2 Å². The molecule has 0 aromatic heterocycles. The first-order valence-electron chi connectivity index (χ1n) is 8.07. The highest BCUT2D eigenvalue weighted by molar-refractivity contribution is 5.86. The number of nitrogens with one attached hydrogen (secondary N) is 2. The summed E-state index contributed by atoms with van der Waals surface area (Å²) in [6, 6.07) is 8.11. The smallest absolute Gasteiger partial charge is 0.227 e. The van der Waals surface area contributed by atoms with E-state index in [-0.39, 0.29) is 11.8 Å². The number of anilines is 1. The van der Waals surface area contributed by atoms with Gasteiger partial charge < -0.3 is 15.4 Å². The molecule has 1 amide bonds. The second-order valence-electron chi connectivity index (χ2n) is 5.92. The van der Waals surface area contributed by atoms with E-state index < -0.39 is 0 Å². The Bertz CT molecular complexity index is 483. The zero-order chi connectivity index (χ0) is 14.5. The van der Waals surface area contributed by atoms with E-state index in [1.165, 1.54) is 12.8 Å². The van der Waals surface area contributed by atoms with Crippen molar-refractivity contribution in [2.75, 3.05) is 25.0 Å². The van der Waals surface area contributed by atoms with Crippen molar-refractivity contribution in [2.24, 2.45) is 0 Å². The standard InChI is InChI=1S/C17H24N2O2/c20-17(19-10-8-13-5-3-4-12-21-13)15-9-11-18-16-7-2-1-6-14(15)16/h1-2,6-7,13,15,18H,3-5,8-12H2,(H,19,20). The van der Waals surface area contributed by atoms with Crippen LogP contribution in [0.4, 0.5) is 5.69 Å². The summed E-state index contributed by atoms with van der Waals surface area (Å²) in [5, 5.41) is 6.45. The summed E-state index contributed by atoms with van der Waals surface area (Å²) in [4.78, 5) is 12.4. The molecule has 0 radical (unpaired) electrons. The normalized spacial score (nSPS) is 24.8. The molecule has 2 aliphatic heterocycles. The van der Waals surface area contributed by atoms with Crippen LogP contribution in [0.5, 0.6) is 0 Å². The molecule has 2 aliphatic rings. The predicted molar refractivity (Wildman–Crippen MR) is 83.5 cm³/mol. The second kappa shape index (κ2) is 6.94. The van der Waals surface area contributed by atoms with Gasteiger partial charge in [0.25, 0.3) is 0 Å². The van der Waals surface area contributed by atoms with Gasteiger partial charge in [-0.2, -0.15) is 0 Å². The van der Waals surface area contributed by atoms with Crippen LogP contribution >= 0.6 is 0 Å². The molecule has 4 nitrogen and oxygen atoms in total. The number of para-hydroxylation sites is 1. The Morgan fingerprint density at radius 1 is 1.29 bits per heavy atom. The molecule has 2 N–H and O–H groups in total. The summed E-state index contributed by atoms with van der Waals surface area (Å²) in [6.45, 7) is 2.46. The fraction of sp³-hybridized carbons (Fsp3) is 0.588. The number of ether oxygens (including phenoxy) is 1. The lowest BCUT2D eigenvalue weighted by molar-refractivity contribution is -0.122. The minimum Gasteiger partial charge on any atom is -0.385 e. The van der Waals surface area contributed by atoms with Gasteiger partial charge >= 0.3 is 0 Å². The van der Waals surface area contributed by atoms with Gasteiger partial charge in [-0.1, -0.05) is 18.2 Å². The Labute approximate surface area is 126 Å². The highest BCUT2D eigenvalue weighted by Crippen LogP contribution is 2.31. The molecule has 3 rings (SSSR count). The minimum atomic E-state index is -0.0188. The van der Waals surface area contributed by atoms with Crippen molar-refractivity contribution in [2.45, 2.75) is 44.1 Å². The summed E-state index contributed by atoms with van der Waals surface area (Å²) < 4.78 is 5.70. The Hall–Kier alpha value is -1.55. The predicted octanol–water partition coefficient (Wildman–Crippen LogP) is 2.66. The highest BCUT2D eigenvalue weighted by atomic mass is 16.5. The second-order valence-corrected chi connectivity index (χ2v) is 5.92. The monoisotopic (exact) mass is 288 g/mol.